The number of nitrogens with one attached hydrogen (secondary N) is 1. The summed E-state index contributed by atoms with van der Waals surface area (Å²) in [4.78, 5) is 29.4. The highest BCUT2D eigenvalue weighted by molar-refractivity contribution is 5.91. The first-order valence-electron chi connectivity index (χ1n) is 8.87. The molecule has 0 atom stereocenters. The van der Waals surface area contributed by atoms with E-state index in [2.05, 4.69) is 25.2 Å². The van der Waals surface area contributed by atoms with E-state index in [0.717, 1.165) is 5.82 Å². The van der Waals surface area contributed by atoms with Crippen LogP contribution in [-0.2, 0) is 0 Å². The van der Waals surface area contributed by atoms with Crippen molar-refractivity contribution in [1.82, 2.24) is 19.9 Å². The largest absolute Gasteiger partial charge is 0.478 e. The van der Waals surface area contributed by atoms with Gasteiger partial charge in [0, 0.05) is 38.4 Å². The van der Waals surface area contributed by atoms with Gasteiger partial charge in [0.1, 0.15) is 11.6 Å². The molecule has 1 aliphatic heterocycles. The van der Waals surface area contributed by atoms with E-state index in [1.54, 1.807) is 11.1 Å². The van der Waals surface area contributed by atoms with E-state index >= 15 is 0 Å². The Morgan fingerprint density at radius 3 is 2.64 bits per heavy atom. The van der Waals surface area contributed by atoms with Crippen LogP contribution in [0, 0.1) is 5.82 Å². The smallest absolute Gasteiger partial charge is 0.323 e. The number of anilines is 2. The fourth-order valence-corrected chi connectivity index (χ4v) is 3.09. The number of urea groups is 1. The molecule has 1 N–H and O–H groups in total. The molecule has 1 saturated heterocycles. The molecule has 9 heteroatoms. The predicted octanol–water partition coefficient (Wildman–Crippen LogP) is 2.53. The summed E-state index contributed by atoms with van der Waals surface area (Å²) >= 11 is 0. The molecule has 1 aliphatic rings. The van der Waals surface area contributed by atoms with Gasteiger partial charge in [-0.15, -0.1) is 0 Å². The zero-order chi connectivity index (χ0) is 19.5. The van der Waals surface area contributed by atoms with Crippen LogP contribution in [0.1, 0.15) is 0 Å². The number of nitrogens with zero attached hydrogens (tertiary/aromatic N) is 5. The topological polar surface area (TPSA) is 83.5 Å². The number of fused-ring (bicyclic) bond motifs is 1. The summed E-state index contributed by atoms with van der Waals surface area (Å²) in [5, 5.41) is 2.75. The molecule has 0 aliphatic carbocycles. The molecule has 28 heavy (non-hydrogen) atoms. The minimum Gasteiger partial charge on any atom is -0.478 e. The summed E-state index contributed by atoms with van der Waals surface area (Å²) in [6.07, 6.45) is 1.75. The first kappa shape index (κ1) is 17.9. The third kappa shape index (κ3) is 3.64. The second-order valence-electron chi connectivity index (χ2n) is 6.31. The molecule has 2 aromatic heterocycles. The number of carbonyl (C=O) groups excluding carboxylic acids is 1. The van der Waals surface area contributed by atoms with Crippen LogP contribution in [0.4, 0.5) is 20.8 Å². The van der Waals surface area contributed by atoms with Crippen LogP contribution in [0.5, 0.6) is 5.88 Å². The Hall–Kier alpha value is -3.49. The molecule has 0 unspecified atom stereocenters. The number of aromatic nitrogens is 3. The van der Waals surface area contributed by atoms with Crippen molar-refractivity contribution in [1.29, 1.82) is 0 Å². The Kier molecular flexibility index (Phi) is 4.88. The number of carbonyl (C=O) groups is 1. The first-order chi connectivity index (χ1) is 13.6. The Morgan fingerprint density at radius 1 is 1.11 bits per heavy atom. The molecule has 0 bridgehead atoms. The van der Waals surface area contributed by atoms with Crippen LogP contribution in [-0.4, -0.2) is 59.2 Å². The number of halogens is 1. The van der Waals surface area contributed by atoms with Crippen molar-refractivity contribution in [2.45, 2.75) is 0 Å². The average Bonchev–Trinajstić information content (AvgIpc) is 2.74. The molecule has 0 radical (unpaired) electrons. The highest BCUT2D eigenvalue weighted by Crippen LogP contribution is 2.24. The number of hydrogen-bond acceptors (Lipinski definition) is 6. The number of methoxy groups -OCH3 is 1. The van der Waals surface area contributed by atoms with E-state index in [-0.39, 0.29) is 17.7 Å². The zero-order valence-corrected chi connectivity index (χ0v) is 15.3. The maximum atomic E-state index is 13.4. The highest BCUT2D eigenvalue weighted by Gasteiger charge is 2.23. The standard InChI is InChI=1S/C19H19FN6O2/c1-28-18-17(22-14-6-5-13(20)12-15(14)23-18)24-19(27)26-10-8-25(9-11-26)16-4-2-3-7-21-16/h2-7,12H,8-11H2,1H3,(H,22,24,27). The van der Waals surface area contributed by atoms with Crippen LogP contribution in [0.25, 0.3) is 11.0 Å². The molecular weight excluding hydrogens is 363 g/mol. The van der Waals surface area contributed by atoms with E-state index in [1.807, 2.05) is 18.2 Å². The van der Waals surface area contributed by atoms with Crippen LogP contribution >= 0.6 is 0 Å². The monoisotopic (exact) mass is 382 g/mol. The second kappa shape index (κ2) is 7.63. The average molecular weight is 382 g/mol. The normalized spacial score (nSPS) is 14.2. The van der Waals surface area contributed by atoms with Crippen LogP contribution in [0.2, 0.25) is 0 Å². The lowest BCUT2D eigenvalue weighted by atomic mass is 10.3. The quantitative estimate of drug-likeness (QED) is 0.750. The lowest BCUT2D eigenvalue weighted by Crippen LogP contribution is -2.50. The summed E-state index contributed by atoms with van der Waals surface area (Å²) in [6.45, 7) is 2.47. The molecule has 0 spiro atoms. The second-order valence-corrected chi connectivity index (χ2v) is 6.31. The van der Waals surface area contributed by atoms with Crippen LogP contribution in [0.15, 0.2) is 42.6 Å². The van der Waals surface area contributed by atoms with E-state index in [0.29, 0.717) is 37.2 Å². The summed E-state index contributed by atoms with van der Waals surface area (Å²) in [7, 11) is 1.43. The van der Waals surface area contributed by atoms with Gasteiger partial charge in [-0.2, -0.15) is 0 Å². The Bertz CT molecular complexity index is 992. The van der Waals surface area contributed by atoms with Gasteiger partial charge in [0.15, 0.2) is 5.82 Å². The molecule has 2 amide bonds. The van der Waals surface area contributed by atoms with Gasteiger partial charge in [-0.3, -0.25) is 5.32 Å². The third-order valence-electron chi connectivity index (χ3n) is 4.55. The van der Waals surface area contributed by atoms with Crippen LogP contribution in [0.3, 0.4) is 0 Å². The number of rotatable bonds is 3. The molecule has 0 saturated carbocycles. The number of piperazine rings is 1. The Labute approximate surface area is 161 Å². The van der Waals surface area contributed by atoms with Gasteiger partial charge in [0.2, 0.25) is 0 Å². The molecule has 3 heterocycles. The minimum atomic E-state index is -0.411. The summed E-state index contributed by atoms with van der Waals surface area (Å²) < 4.78 is 18.6. The Morgan fingerprint density at radius 2 is 1.93 bits per heavy atom. The molecule has 3 aromatic rings. The molecule has 144 valence electrons. The summed E-state index contributed by atoms with van der Waals surface area (Å²) in [5.41, 5.74) is 0.830. The number of amides is 2. The fourth-order valence-electron chi connectivity index (χ4n) is 3.09. The number of ether oxygens (including phenoxy) is 1. The van der Waals surface area contributed by atoms with Gasteiger partial charge in [0.25, 0.3) is 5.88 Å². The fraction of sp³-hybridized carbons (Fsp3) is 0.263. The van der Waals surface area contributed by atoms with Gasteiger partial charge in [-0.1, -0.05) is 6.07 Å². The zero-order valence-electron chi connectivity index (χ0n) is 15.3. The summed E-state index contributed by atoms with van der Waals surface area (Å²) in [5.74, 6) is 0.834. The van der Waals surface area contributed by atoms with E-state index < -0.39 is 5.82 Å². The number of hydrogen-bond donors (Lipinski definition) is 1. The van der Waals surface area contributed by atoms with E-state index in [1.165, 1.54) is 25.3 Å². The maximum absolute atomic E-state index is 13.4. The van der Waals surface area contributed by atoms with Gasteiger partial charge < -0.3 is 14.5 Å². The maximum Gasteiger partial charge on any atom is 0.323 e. The van der Waals surface area contributed by atoms with Crippen molar-refractivity contribution in [3.8, 4) is 5.88 Å². The van der Waals surface area contributed by atoms with Gasteiger partial charge in [0.05, 0.1) is 18.1 Å². The van der Waals surface area contributed by atoms with E-state index in [4.69, 9.17) is 4.74 Å². The van der Waals surface area contributed by atoms with Gasteiger partial charge in [-0.05, 0) is 24.3 Å². The molecular formula is C19H19FN6O2. The predicted molar refractivity (Wildman–Crippen MR) is 103 cm³/mol. The van der Waals surface area contributed by atoms with Crippen molar-refractivity contribution in [3.63, 3.8) is 0 Å². The number of benzene rings is 1. The van der Waals surface area contributed by atoms with Crippen molar-refractivity contribution in [3.05, 3.63) is 48.4 Å². The Balaban J connectivity index is 1.46. The highest BCUT2D eigenvalue weighted by atomic mass is 19.1. The molecule has 8 nitrogen and oxygen atoms in total. The summed E-state index contributed by atoms with van der Waals surface area (Å²) in [6, 6.07) is 9.57. The molecule has 4 rings (SSSR count). The third-order valence-corrected chi connectivity index (χ3v) is 4.55. The SMILES string of the molecule is COc1nc2cc(F)ccc2nc1NC(=O)N1CCN(c2ccccn2)CC1. The van der Waals surface area contributed by atoms with Crippen molar-refractivity contribution >= 4 is 28.7 Å². The van der Waals surface area contributed by atoms with Gasteiger partial charge in [-0.25, -0.2) is 24.1 Å². The van der Waals surface area contributed by atoms with Crippen molar-refractivity contribution in [2.75, 3.05) is 43.5 Å². The van der Waals surface area contributed by atoms with Crippen molar-refractivity contribution < 1.29 is 13.9 Å². The number of pyridine rings is 1. The molecule has 1 fully saturated rings. The minimum absolute atomic E-state index is 0.138. The lowest BCUT2D eigenvalue weighted by molar-refractivity contribution is 0.208. The van der Waals surface area contributed by atoms with Gasteiger partial charge >= 0.3 is 6.03 Å². The first-order valence-corrected chi connectivity index (χ1v) is 8.87. The lowest BCUT2D eigenvalue weighted by Gasteiger charge is -2.35. The van der Waals surface area contributed by atoms with Crippen molar-refractivity contribution in [2.24, 2.45) is 0 Å². The molecule has 1 aromatic carbocycles. The van der Waals surface area contributed by atoms with E-state index in [9.17, 15) is 9.18 Å². The van der Waals surface area contributed by atoms with Crippen LogP contribution < -0.4 is 15.0 Å².